The summed E-state index contributed by atoms with van der Waals surface area (Å²) >= 11 is 0. The highest BCUT2D eigenvalue weighted by Crippen LogP contribution is 2.64. The third kappa shape index (κ3) is 5.53. The fraction of sp³-hybridized carbons (Fsp3) is 0.480. The SMILES string of the molecule is CC(C)N(C(C)C)P(OCCC#N)O[C@H]1[C@@H](C)SSC1(c1ccccc1)c1ccccc1. The molecule has 7 heteroatoms. The van der Waals surface area contributed by atoms with Crippen LogP contribution in [0.25, 0.3) is 0 Å². The van der Waals surface area contributed by atoms with Gasteiger partial charge in [0.25, 0.3) is 8.53 Å². The lowest BCUT2D eigenvalue weighted by atomic mass is 9.84. The first-order valence-electron chi connectivity index (χ1n) is 11.1. The minimum Gasteiger partial charge on any atom is -0.321 e. The molecular weight excluding hydrogens is 455 g/mol. The Bertz CT molecular complexity index is 829. The van der Waals surface area contributed by atoms with Crippen LogP contribution >= 0.6 is 30.1 Å². The molecule has 1 saturated heterocycles. The van der Waals surface area contributed by atoms with Crippen LogP contribution in [0.5, 0.6) is 0 Å². The van der Waals surface area contributed by atoms with Crippen LogP contribution in [-0.2, 0) is 13.8 Å². The molecule has 32 heavy (non-hydrogen) atoms. The minimum absolute atomic E-state index is 0.0875. The Morgan fingerprint density at radius 3 is 2.00 bits per heavy atom. The second-order valence-corrected chi connectivity index (χ2v) is 12.7. The summed E-state index contributed by atoms with van der Waals surface area (Å²) in [6.07, 6.45) is 0.272. The first kappa shape index (κ1) is 25.6. The molecule has 2 aromatic rings. The summed E-state index contributed by atoms with van der Waals surface area (Å²) in [6, 6.07) is 24.1. The summed E-state index contributed by atoms with van der Waals surface area (Å²) in [5, 5.41) is 9.33. The van der Waals surface area contributed by atoms with Gasteiger partial charge in [0.05, 0.1) is 19.1 Å². The van der Waals surface area contributed by atoms with E-state index in [0.717, 1.165) is 0 Å². The molecule has 0 spiro atoms. The normalized spacial score (nSPS) is 21.2. The summed E-state index contributed by atoms with van der Waals surface area (Å²) in [6.45, 7) is 11.3. The fourth-order valence-corrected chi connectivity index (χ4v) is 9.73. The monoisotopic (exact) mass is 488 g/mol. The van der Waals surface area contributed by atoms with Crippen molar-refractivity contribution in [1.82, 2.24) is 4.67 Å². The molecule has 0 bridgehead atoms. The molecule has 1 unspecified atom stereocenters. The van der Waals surface area contributed by atoms with Crippen molar-refractivity contribution in [2.45, 2.75) is 69.2 Å². The summed E-state index contributed by atoms with van der Waals surface area (Å²) < 4.78 is 15.2. The molecule has 172 valence electrons. The number of nitriles is 1. The Morgan fingerprint density at radius 2 is 1.53 bits per heavy atom. The van der Waals surface area contributed by atoms with Crippen LogP contribution in [0.1, 0.15) is 52.2 Å². The first-order chi connectivity index (χ1) is 15.4. The van der Waals surface area contributed by atoms with Crippen molar-refractivity contribution in [3.05, 3.63) is 71.8 Å². The summed E-state index contributed by atoms with van der Waals surface area (Å²) in [5.74, 6) is 0. The van der Waals surface area contributed by atoms with Crippen LogP contribution in [0, 0.1) is 11.3 Å². The van der Waals surface area contributed by atoms with Gasteiger partial charge in [0.15, 0.2) is 0 Å². The van der Waals surface area contributed by atoms with E-state index in [0.29, 0.717) is 13.0 Å². The van der Waals surface area contributed by atoms with E-state index in [1.54, 1.807) is 0 Å². The molecule has 0 amide bonds. The largest absolute Gasteiger partial charge is 0.321 e. The van der Waals surface area contributed by atoms with E-state index >= 15 is 0 Å². The van der Waals surface area contributed by atoms with Crippen LogP contribution in [0.4, 0.5) is 0 Å². The maximum atomic E-state index is 9.06. The van der Waals surface area contributed by atoms with Crippen LogP contribution < -0.4 is 0 Å². The van der Waals surface area contributed by atoms with Gasteiger partial charge in [-0.05, 0) is 45.7 Å². The lowest BCUT2D eigenvalue weighted by Crippen LogP contribution is -2.42. The Morgan fingerprint density at radius 1 is 1.00 bits per heavy atom. The van der Waals surface area contributed by atoms with Gasteiger partial charge in [0.1, 0.15) is 10.9 Å². The lowest BCUT2D eigenvalue weighted by Gasteiger charge is -2.41. The van der Waals surface area contributed by atoms with Gasteiger partial charge in [-0.25, -0.2) is 4.67 Å². The highest BCUT2D eigenvalue weighted by Gasteiger charge is 2.54. The molecular formula is C25H33N2O2PS2. The summed E-state index contributed by atoms with van der Waals surface area (Å²) in [7, 11) is 2.43. The minimum atomic E-state index is -1.34. The molecule has 1 heterocycles. The van der Waals surface area contributed by atoms with E-state index < -0.39 is 8.53 Å². The van der Waals surface area contributed by atoms with Crippen LogP contribution in [-0.4, -0.2) is 34.7 Å². The van der Waals surface area contributed by atoms with E-state index in [1.807, 2.05) is 21.6 Å². The molecule has 0 aromatic heterocycles. The Hall–Kier alpha value is -1.06. The molecule has 0 radical (unpaired) electrons. The summed E-state index contributed by atoms with van der Waals surface area (Å²) in [4.78, 5) is 0. The van der Waals surface area contributed by atoms with Gasteiger partial charge in [0, 0.05) is 17.3 Å². The zero-order valence-electron chi connectivity index (χ0n) is 19.5. The van der Waals surface area contributed by atoms with Crippen molar-refractivity contribution in [3.8, 4) is 6.07 Å². The molecule has 1 aliphatic heterocycles. The van der Waals surface area contributed by atoms with Gasteiger partial charge in [-0.15, -0.1) is 0 Å². The number of rotatable bonds is 10. The van der Waals surface area contributed by atoms with E-state index in [1.165, 1.54) is 11.1 Å². The second-order valence-electron chi connectivity index (χ2n) is 8.43. The molecule has 0 aliphatic carbocycles. The average molecular weight is 489 g/mol. The van der Waals surface area contributed by atoms with Gasteiger partial charge in [-0.2, -0.15) is 5.26 Å². The van der Waals surface area contributed by atoms with Gasteiger partial charge < -0.3 is 9.05 Å². The topological polar surface area (TPSA) is 45.5 Å². The van der Waals surface area contributed by atoms with Crippen molar-refractivity contribution in [1.29, 1.82) is 5.26 Å². The molecule has 2 aromatic carbocycles. The molecule has 3 atom stereocenters. The second kappa shape index (κ2) is 11.9. The van der Waals surface area contributed by atoms with Gasteiger partial charge in [-0.1, -0.05) is 82.3 Å². The van der Waals surface area contributed by atoms with Crippen molar-refractivity contribution >= 4 is 30.1 Å². The highest BCUT2D eigenvalue weighted by molar-refractivity contribution is 8.77. The zero-order chi connectivity index (χ0) is 23.1. The summed E-state index contributed by atoms with van der Waals surface area (Å²) in [5.41, 5.74) is 2.48. The van der Waals surface area contributed by atoms with Crippen LogP contribution in [0.3, 0.4) is 0 Å². The van der Waals surface area contributed by atoms with Gasteiger partial charge in [0.2, 0.25) is 0 Å². The molecule has 0 saturated carbocycles. The third-order valence-corrected chi connectivity index (χ3v) is 11.1. The number of benzene rings is 2. The number of hydrogen-bond donors (Lipinski definition) is 0. The van der Waals surface area contributed by atoms with Gasteiger partial charge in [-0.3, -0.25) is 0 Å². The quantitative estimate of drug-likeness (QED) is 0.198. The van der Waals surface area contributed by atoms with Crippen molar-refractivity contribution in [3.63, 3.8) is 0 Å². The first-order valence-corrected chi connectivity index (χ1v) is 14.5. The average Bonchev–Trinajstić information content (AvgIpc) is 3.11. The van der Waals surface area contributed by atoms with Crippen LogP contribution in [0.15, 0.2) is 60.7 Å². The van der Waals surface area contributed by atoms with E-state index in [-0.39, 0.29) is 28.2 Å². The maximum Gasteiger partial charge on any atom is 0.259 e. The van der Waals surface area contributed by atoms with Crippen molar-refractivity contribution < 1.29 is 9.05 Å². The molecule has 4 nitrogen and oxygen atoms in total. The van der Waals surface area contributed by atoms with Crippen molar-refractivity contribution in [2.24, 2.45) is 0 Å². The predicted molar refractivity (Wildman–Crippen MR) is 138 cm³/mol. The van der Waals surface area contributed by atoms with Crippen LogP contribution in [0.2, 0.25) is 0 Å². The predicted octanol–water partition coefficient (Wildman–Crippen LogP) is 7.37. The Labute approximate surface area is 202 Å². The lowest BCUT2D eigenvalue weighted by molar-refractivity contribution is 0.117. The fourth-order valence-electron chi connectivity index (χ4n) is 4.09. The Kier molecular flexibility index (Phi) is 9.49. The molecule has 1 aliphatic rings. The third-order valence-electron chi connectivity index (χ3n) is 5.43. The Balaban J connectivity index is 2.05. The van der Waals surface area contributed by atoms with E-state index in [9.17, 15) is 0 Å². The van der Waals surface area contributed by atoms with Crippen molar-refractivity contribution in [2.75, 3.05) is 6.61 Å². The van der Waals surface area contributed by atoms with E-state index in [4.69, 9.17) is 14.3 Å². The number of hydrogen-bond acceptors (Lipinski definition) is 6. The smallest absolute Gasteiger partial charge is 0.259 e. The molecule has 0 N–H and O–H groups in total. The van der Waals surface area contributed by atoms with Gasteiger partial charge >= 0.3 is 0 Å². The maximum absolute atomic E-state index is 9.06. The standard InChI is InChI=1S/C25H33N2O2PS2/c1-19(2)27(20(3)4)30(28-18-12-17-26)29-24-21(5)31-32-25(24,22-13-8-6-9-14-22)23-15-10-7-11-16-23/h6-11,13-16,19-21,24H,12,18H2,1-5H3/t21-,24+,30?/m1/s1. The number of nitrogens with zero attached hydrogens (tertiary/aromatic N) is 2. The molecule has 1 fully saturated rings. The highest BCUT2D eigenvalue weighted by atomic mass is 33.1. The van der Waals surface area contributed by atoms with E-state index in [2.05, 4.69) is 106 Å². The zero-order valence-corrected chi connectivity index (χ0v) is 22.0. The molecule has 3 rings (SSSR count).